The Morgan fingerprint density at radius 1 is 1.50 bits per heavy atom. The van der Waals surface area contributed by atoms with Gasteiger partial charge in [0.2, 0.25) is 0 Å². The van der Waals surface area contributed by atoms with Crippen LogP contribution in [0.2, 0.25) is 0 Å². The molecule has 0 spiro atoms. The maximum absolute atomic E-state index is 10.9. The highest BCUT2D eigenvalue weighted by Crippen LogP contribution is 1.77. The highest BCUT2D eigenvalue weighted by atomic mass is 16.1. The summed E-state index contributed by atoms with van der Waals surface area (Å²) in [5.41, 5.74) is 0. The van der Waals surface area contributed by atoms with Crippen LogP contribution in [0.3, 0.4) is 0 Å². The number of carbonyl (C=O) groups excluding carboxylic acids is 1. The van der Waals surface area contributed by atoms with Gasteiger partial charge in [-0.25, -0.2) is 0 Å². The molecule has 10 heavy (non-hydrogen) atoms. The van der Waals surface area contributed by atoms with Gasteiger partial charge in [0.25, 0.3) is 0 Å². The van der Waals surface area contributed by atoms with Crippen LogP contribution in [0.25, 0.3) is 0 Å². The van der Waals surface area contributed by atoms with Crippen molar-refractivity contribution in [1.82, 2.24) is 10.6 Å². The molecular formula is C7H16N2O. The summed E-state index contributed by atoms with van der Waals surface area (Å²) in [6, 6.07) is 0. The molecule has 2 N–H and O–H groups in total. The normalized spacial score (nSPS) is 9.80. The molecule has 0 amide bonds. The molecule has 0 bridgehead atoms. The largest absolute Gasteiger partial charge is 0.319 e. The Kier molecular flexibility index (Phi) is 6.43. The summed E-state index contributed by atoms with van der Waals surface area (Å²) in [7, 11) is 1.85. The second kappa shape index (κ2) is 6.71. The van der Waals surface area contributed by atoms with Crippen LogP contribution in [-0.2, 0) is 4.79 Å². The summed E-state index contributed by atoms with van der Waals surface area (Å²) in [5, 5.41) is 5.91. The molecule has 0 radical (unpaired) electrons. The van der Waals surface area contributed by atoms with Crippen LogP contribution < -0.4 is 10.6 Å². The Bertz CT molecular complexity index is 83.6. The summed E-state index contributed by atoms with van der Waals surface area (Å²) in [6.45, 7) is 4.15. The zero-order valence-electron chi connectivity index (χ0n) is 6.74. The fourth-order valence-corrected chi connectivity index (χ4v) is 0.617. The number of likely N-dealkylation sites (N-methyl/N-ethyl adjacent to an activating group) is 1. The highest BCUT2D eigenvalue weighted by Gasteiger charge is 1.97. The van der Waals surface area contributed by atoms with Crippen molar-refractivity contribution in [2.45, 2.75) is 13.3 Å². The van der Waals surface area contributed by atoms with E-state index in [9.17, 15) is 4.79 Å². The topological polar surface area (TPSA) is 41.1 Å². The molecule has 0 aromatic rings. The highest BCUT2D eigenvalue weighted by molar-refractivity contribution is 5.80. The molecule has 0 saturated carbocycles. The Labute approximate surface area is 62.2 Å². The van der Waals surface area contributed by atoms with Gasteiger partial charge in [0.15, 0.2) is 0 Å². The van der Waals surface area contributed by atoms with Gasteiger partial charge in [0, 0.05) is 13.0 Å². The maximum Gasteiger partial charge on any atom is 0.147 e. The number of ketones is 1. The third-order valence-electron chi connectivity index (χ3n) is 1.23. The van der Waals surface area contributed by atoms with Crippen molar-refractivity contribution < 1.29 is 4.79 Å². The number of hydrogen-bond donors (Lipinski definition) is 2. The SMILES string of the molecule is CCNCC(=O)CCNC. The Morgan fingerprint density at radius 3 is 2.70 bits per heavy atom. The van der Waals surface area contributed by atoms with Crippen LogP contribution in [0.5, 0.6) is 0 Å². The molecular weight excluding hydrogens is 128 g/mol. The molecule has 0 saturated heterocycles. The smallest absolute Gasteiger partial charge is 0.147 e. The summed E-state index contributed by atoms with van der Waals surface area (Å²) in [4.78, 5) is 10.9. The van der Waals surface area contributed by atoms with Crippen molar-refractivity contribution in [2.24, 2.45) is 0 Å². The van der Waals surface area contributed by atoms with Gasteiger partial charge in [0.1, 0.15) is 5.78 Å². The molecule has 3 heteroatoms. The number of rotatable bonds is 6. The summed E-state index contributed by atoms with van der Waals surface area (Å²) in [6.07, 6.45) is 0.628. The van der Waals surface area contributed by atoms with E-state index in [1.54, 1.807) is 0 Å². The van der Waals surface area contributed by atoms with Crippen molar-refractivity contribution in [3.63, 3.8) is 0 Å². The first kappa shape index (κ1) is 9.59. The number of carbonyl (C=O) groups is 1. The first-order valence-electron chi connectivity index (χ1n) is 3.68. The van der Waals surface area contributed by atoms with E-state index in [0.717, 1.165) is 13.1 Å². The minimum Gasteiger partial charge on any atom is -0.319 e. The molecule has 0 aliphatic rings. The molecule has 0 unspecified atom stereocenters. The third-order valence-corrected chi connectivity index (χ3v) is 1.23. The number of Topliss-reactive ketones (excluding diaryl/α,β-unsaturated/α-hetero) is 1. The van der Waals surface area contributed by atoms with E-state index in [1.807, 2.05) is 14.0 Å². The molecule has 0 aliphatic carbocycles. The summed E-state index contributed by atoms with van der Waals surface area (Å²) < 4.78 is 0. The predicted molar refractivity (Wildman–Crippen MR) is 42.1 cm³/mol. The second-order valence-corrected chi connectivity index (χ2v) is 2.17. The first-order valence-corrected chi connectivity index (χ1v) is 3.68. The summed E-state index contributed by atoms with van der Waals surface area (Å²) >= 11 is 0. The molecule has 3 nitrogen and oxygen atoms in total. The maximum atomic E-state index is 10.9. The number of nitrogens with one attached hydrogen (secondary N) is 2. The van der Waals surface area contributed by atoms with Gasteiger partial charge in [-0.1, -0.05) is 6.92 Å². The first-order chi connectivity index (χ1) is 4.81. The molecule has 0 atom stereocenters. The van der Waals surface area contributed by atoms with Crippen LogP contribution >= 0.6 is 0 Å². The van der Waals surface area contributed by atoms with Crippen LogP contribution in [0.1, 0.15) is 13.3 Å². The molecule has 0 aliphatic heterocycles. The lowest BCUT2D eigenvalue weighted by molar-refractivity contribution is -0.118. The molecule has 0 aromatic heterocycles. The zero-order valence-corrected chi connectivity index (χ0v) is 6.74. The van der Waals surface area contributed by atoms with Crippen molar-refractivity contribution in [3.05, 3.63) is 0 Å². The van der Waals surface area contributed by atoms with Crippen molar-refractivity contribution in [3.8, 4) is 0 Å². The summed E-state index contributed by atoms with van der Waals surface area (Å²) in [5.74, 6) is 0.274. The van der Waals surface area contributed by atoms with Gasteiger partial charge in [0.05, 0.1) is 6.54 Å². The lowest BCUT2D eigenvalue weighted by Crippen LogP contribution is -2.24. The van der Waals surface area contributed by atoms with Crippen LogP contribution in [-0.4, -0.2) is 32.5 Å². The quantitative estimate of drug-likeness (QED) is 0.541. The fourth-order valence-electron chi connectivity index (χ4n) is 0.617. The Hall–Kier alpha value is -0.410. The van der Waals surface area contributed by atoms with Gasteiger partial charge >= 0.3 is 0 Å². The van der Waals surface area contributed by atoms with Gasteiger partial charge in [-0.2, -0.15) is 0 Å². The van der Waals surface area contributed by atoms with Crippen LogP contribution in [0, 0.1) is 0 Å². The number of hydrogen-bond acceptors (Lipinski definition) is 3. The minimum atomic E-state index is 0.274. The van der Waals surface area contributed by atoms with E-state index in [2.05, 4.69) is 10.6 Å². The van der Waals surface area contributed by atoms with E-state index in [-0.39, 0.29) is 5.78 Å². The second-order valence-electron chi connectivity index (χ2n) is 2.17. The molecule has 0 aromatic carbocycles. The molecule has 0 heterocycles. The standard InChI is InChI=1S/C7H16N2O/c1-3-9-6-7(10)4-5-8-2/h8-9H,3-6H2,1-2H3. The van der Waals surface area contributed by atoms with Crippen LogP contribution in [0.15, 0.2) is 0 Å². The van der Waals surface area contributed by atoms with E-state index >= 15 is 0 Å². The average Bonchev–Trinajstić information content (AvgIpc) is 1.97. The van der Waals surface area contributed by atoms with Gasteiger partial charge in [-0.3, -0.25) is 4.79 Å². The third kappa shape index (κ3) is 5.72. The van der Waals surface area contributed by atoms with E-state index < -0.39 is 0 Å². The van der Waals surface area contributed by atoms with Crippen molar-refractivity contribution >= 4 is 5.78 Å². The minimum absolute atomic E-state index is 0.274. The molecule has 0 fully saturated rings. The van der Waals surface area contributed by atoms with E-state index in [1.165, 1.54) is 0 Å². The van der Waals surface area contributed by atoms with Gasteiger partial charge < -0.3 is 10.6 Å². The van der Waals surface area contributed by atoms with Gasteiger partial charge in [-0.05, 0) is 13.6 Å². The lowest BCUT2D eigenvalue weighted by Gasteiger charge is -1.99. The lowest BCUT2D eigenvalue weighted by atomic mass is 10.3. The van der Waals surface area contributed by atoms with Gasteiger partial charge in [-0.15, -0.1) is 0 Å². The monoisotopic (exact) mass is 144 g/mol. The molecule has 0 rings (SSSR count). The Balaban J connectivity index is 3.09. The zero-order chi connectivity index (χ0) is 7.82. The molecule has 60 valence electrons. The Morgan fingerprint density at radius 2 is 2.20 bits per heavy atom. The van der Waals surface area contributed by atoms with Crippen molar-refractivity contribution in [1.29, 1.82) is 0 Å². The van der Waals surface area contributed by atoms with E-state index in [4.69, 9.17) is 0 Å². The van der Waals surface area contributed by atoms with Crippen LogP contribution in [0.4, 0.5) is 0 Å². The van der Waals surface area contributed by atoms with E-state index in [0.29, 0.717) is 13.0 Å². The fraction of sp³-hybridized carbons (Fsp3) is 0.857. The average molecular weight is 144 g/mol. The van der Waals surface area contributed by atoms with Crippen molar-refractivity contribution in [2.75, 3.05) is 26.7 Å². The predicted octanol–water partition coefficient (Wildman–Crippen LogP) is -0.226.